The second-order valence-corrected chi connectivity index (χ2v) is 7.28. The van der Waals surface area contributed by atoms with Crippen LogP contribution >= 0.6 is 12.6 Å². The van der Waals surface area contributed by atoms with E-state index >= 15 is 0 Å². The molecule has 0 spiro atoms. The van der Waals surface area contributed by atoms with Crippen molar-refractivity contribution < 1.29 is 9.53 Å². The smallest absolute Gasteiger partial charge is 0.257 e. The third-order valence-electron chi connectivity index (χ3n) is 4.71. The standard InChI is InChI=1S/C23H31N5O2S/c1-4-28(5-2)14-13-25-16-19-15-18(11-12-26-19)22(24)27-23(29)17-7-9-20(30-6-3)21(31)10-8-17/h7-8,10-12,15,25,31H,4-6,13-14,16H2,1-3H3,(H2,24,27,29). The van der Waals surface area contributed by atoms with Crippen molar-refractivity contribution in [2.24, 2.45) is 0 Å². The topological polar surface area (TPSA) is 90.3 Å². The molecule has 7 nitrogen and oxygen atoms in total. The Hall–Kier alpha value is -2.64. The molecule has 2 rings (SSSR count). The Morgan fingerprint density at radius 3 is 2.77 bits per heavy atom. The van der Waals surface area contributed by atoms with Crippen LogP contribution in [0.3, 0.4) is 0 Å². The van der Waals surface area contributed by atoms with Crippen LogP contribution in [-0.2, 0) is 16.1 Å². The van der Waals surface area contributed by atoms with Gasteiger partial charge in [0.05, 0.1) is 17.2 Å². The summed E-state index contributed by atoms with van der Waals surface area (Å²) in [6.45, 7) is 11.1. The molecular weight excluding hydrogens is 410 g/mol. The molecule has 0 radical (unpaired) electrons. The molecule has 1 heterocycles. The van der Waals surface area contributed by atoms with Gasteiger partial charge in [-0.05, 0) is 50.4 Å². The first-order valence-electron chi connectivity index (χ1n) is 10.5. The lowest BCUT2D eigenvalue weighted by molar-refractivity contribution is -0.115. The third kappa shape index (κ3) is 7.84. The van der Waals surface area contributed by atoms with Gasteiger partial charge in [-0.1, -0.05) is 19.6 Å². The van der Waals surface area contributed by atoms with Gasteiger partial charge in [0.1, 0.15) is 5.84 Å². The Morgan fingerprint density at radius 2 is 2.06 bits per heavy atom. The van der Waals surface area contributed by atoms with Gasteiger partial charge in [-0.3, -0.25) is 15.2 Å². The van der Waals surface area contributed by atoms with Crippen molar-refractivity contribution in [3.8, 4) is 0 Å². The van der Waals surface area contributed by atoms with Crippen LogP contribution in [0.5, 0.6) is 0 Å². The summed E-state index contributed by atoms with van der Waals surface area (Å²) in [7, 11) is 0. The fourth-order valence-corrected chi connectivity index (χ4v) is 3.10. The summed E-state index contributed by atoms with van der Waals surface area (Å²) in [5.41, 5.74) is 4.71. The zero-order valence-corrected chi connectivity index (χ0v) is 19.3. The van der Waals surface area contributed by atoms with Crippen molar-refractivity contribution in [1.29, 1.82) is 5.41 Å². The highest BCUT2D eigenvalue weighted by molar-refractivity contribution is 7.84. The maximum absolute atomic E-state index is 12.6. The molecule has 0 unspecified atom stereocenters. The number of likely N-dealkylation sites (N-methyl/N-ethyl adjacent to an activating group) is 1. The Morgan fingerprint density at radius 1 is 1.29 bits per heavy atom. The number of thiol groups is 1. The zero-order valence-electron chi connectivity index (χ0n) is 18.4. The van der Waals surface area contributed by atoms with Gasteiger partial charge < -0.3 is 20.3 Å². The average Bonchev–Trinajstić information content (AvgIpc) is 2.96. The first-order valence-corrected chi connectivity index (χ1v) is 10.9. The molecular formula is C23H31N5O2S. The van der Waals surface area contributed by atoms with E-state index in [0.29, 0.717) is 35.0 Å². The number of pyridine rings is 1. The molecule has 166 valence electrons. The summed E-state index contributed by atoms with van der Waals surface area (Å²) in [6.07, 6.45) is 6.49. The molecule has 0 bridgehead atoms. The van der Waals surface area contributed by atoms with E-state index in [4.69, 9.17) is 10.1 Å². The van der Waals surface area contributed by atoms with Gasteiger partial charge >= 0.3 is 0 Å². The summed E-state index contributed by atoms with van der Waals surface area (Å²) in [5, 5.41) is 14.3. The molecule has 0 saturated heterocycles. The Labute approximate surface area is 189 Å². The van der Waals surface area contributed by atoms with Crippen LogP contribution in [0.4, 0.5) is 0 Å². The molecule has 1 aromatic heterocycles. The highest BCUT2D eigenvalue weighted by Crippen LogP contribution is 2.18. The Bertz CT molecular complexity index is 912. The van der Waals surface area contributed by atoms with Gasteiger partial charge in [-0.15, -0.1) is 12.6 Å². The minimum absolute atomic E-state index is 0.0134. The molecule has 0 saturated carbocycles. The number of nitrogens with zero attached hydrogens (tertiary/aromatic N) is 2. The zero-order chi connectivity index (χ0) is 22.6. The minimum atomic E-state index is -0.400. The van der Waals surface area contributed by atoms with Gasteiger partial charge in [0.2, 0.25) is 0 Å². The van der Waals surface area contributed by atoms with E-state index in [1.165, 1.54) is 6.08 Å². The van der Waals surface area contributed by atoms with Gasteiger partial charge in [0.15, 0.2) is 5.76 Å². The van der Waals surface area contributed by atoms with Crippen LogP contribution in [-0.4, -0.2) is 54.4 Å². The van der Waals surface area contributed by atoms with Gasteiger partial charge in [-0.2, -0.15) is 0 Å². The fourth-order valence-electron chi connectivity index (χ4n) is 2.89. The Kier molecular flexibility index (Phi) is 10.3. The number of carbonyl (C=O) groups is 1. The number of amides is 1. The molecule has 1 aliphatic carbocycles. The number of amidine groups is 1. The van der Waals surface area contributed by atoms with Gasteiger partial charge in [-0.25, -0.2) is 0 Å². The molecule has 0 atom stereocenters. The summed E-state index contributed by atoms with van der Waals surface area (Å²) >= 11 is 4.35. The van der Waals surface area contributed by atoms with Crippen molar-refractivity contribution >= 4 is 24.4 Å². The molecule has 0 aliphatic heterocycles. The number of aromatic nitrogens is 1. The molecule has 1 amide bonds. The molecule has 0 fully saturated rings. The molecule has 8 heteroatoms. The van der Waals surface area contributed by atoms with E-state index in [0.717, 1.165) is 31.9 Å². The third-order valence-corrected chi connectivity index (χ3v) is 5.06. The number of ether oxygens (including phenoxy) is 1. The number of carbonyl (C=O) groups excluding carboxylic acids is 1. The predicted octanol–water partition coefficient (Wildman–Crippen LogP) is 2.78. The average molecular weight is 442 g/mol. The molecule has 1 aromatic rings. The molecule has 1 aliphatic rings. The lowest BCUT2D eigenvalue weighted by Gasteiger charge is -2.18. The summed E-state index contributed by atoms with van der Waals surface area (Å²) in [4.78, 5) is 19.9. The van der Waals surface area contributed by atoms with Crippen LogP contribution < -0.4 is 10.6 Å². The summed E-state index contributed by atoms with van der Waals surface area (Å²) in [6, 6.07) is 3.52. The van der Waals surface area contributed by atoms with E-state index in [-0.39, 0.29) is 5.84 Å². The van der Waals surface area contributed by atoms with E-state index in [1.807, 2.05) is 13.0 Å². The lowest BCUT2D eigenvalue weighted by Crippen LogP contribution is -2.32. The van der Waals surface area contributed by atoms with Crippen molar-refractivity contribution in [2.45, 2.75) is 27.3 Å². The number of hydrogen-bond donors (Lipinski definition) is 4. The van der Waals surface area contributed by atoms with Crippen LogP contribution in [0.15, 0.2) is 58.5 Å². The first-order chi connectivity index (χ1) is 15.0. The van der Waals surface area contributed by atoms with Crippen LogP contribution in [0.2, 0.25) is 0 Å². The fraction of sp³-hybridized carbons (Fsp3) is 0.391. The van der Waals surface area contributed by atoms with Crippen molar-refractivity contribution in [2.75, 3.05) is 32.8 Å². The van der Waals surface area contributed by atoms with E-state index in [9.17, 15) is 4.79 Å². The quantitative estimate of drug-likeness (QED) is 0.139. The maximum atomic E-state index is 12.6. The number of nitrogens with one attached hydrogen (secondary N) is 3. The largest absolute Gasteiger partial charge is 0.485 e. The Balaban J connectivity index is 1.96. The van der Waals surface area contributed by atoms with E-state index in [2.05, 4.69) is 52.7 Å². The molecule has 3 N–H and O–H groups in total. The molecule has 31 heavy (non-hydrogen) atoms. The van der Waals surface area contributed by atoms with Crippen molar-refractivity contribution in [3.63, 3.8) is 0 Å². The first kappa shape index (κ1) is 24.6. The number of hydrogen-bond acceptors (Lipinski definition) is 7. The van der Waals surface area contributed by atoms with Crippen LogP contribution in [0, 0.1) is 5.41 Å². The highest BCUT2D eigenvalue weighted by Gasteiger charge is 2.13. The second kappa shape index (κ2) is 12.9. The van der Waals surface area contributed by atoms with Crippen LogP contribution in [0.1, 0.15) is 32.0 Å². The van der Waals surface area contributed by atoms with E-state index < -0.39 is 5.91 Å². The molecule has 0 aromatic carbocycles. The van der Waals surface area contributed by atoms with E-state index in [1.54, 1.807) is 24.4 Å². The normalized spacial score (nSPS) is 13.3. The van der Waals surface area contributed by atoms with Crippen molar-refractivity contribution in [3.05, 3.63) is 69.8 Å². The van der Waals surface area contributed by atoms with Crippen LogP contribution in [0.25, 0.3) is 0 Å². The predicted molar refractivity (Wildman–Crippen MR) is 127 cm³/mol. The number of allylic oxidation sites excluding steroid dienone is 2. The summed E-state index contributed by atoms with van der Waals surface area (Å²) in [5.74, 6) is 0.0926. The summed E-state index contributed by atoms with van der Waals surface area (Å²) < 4.78 is 5.44. The maximum Gasteiger partial charge on any atom is 0.257 e. The van der Waals surface area contributed by atoms with Gasteiger partial charge in [0, 0.05) is 37.0 Å². The second-order valence-electron chi connectivity index (χ2n) is 6.79. The SMILES string of the molecule is CCOC1=C=CC(C(=O)NC(=N)c2ccnc(CNCCN(CC)CC)c2)=CC=C1S. The van der Waals surface area contributed by atoms with Crippen molar-refractivity contribution in [1.82, 2.24) is 20.5 Å². The lowest BCUT2D eigenvalue weighted by atomic mass is 10.2. The monoisotopic (exact) mass is 441 g/mol. The number of rotatable bonds is 11. The highest BCUT2D eigenvalue weighted by atomic mass is 32.1. The van der Waals surface area contributed by atoms with Gasteiger partial charge in [0.25, 0.3) is 5.91 Å². The minimum Gasteiger partial charge on any atom is -0.485 e.